The summed E-state index contributed by atoms with van der Waals surface area (Å²) < 4.78 is 4.43. The van der Waals surface area contributed by atoms with Gasteiger partial charge >= 0.3 is 11.9 Å². The molecule has 1 aliphatic rings. The number of hydrogen-bond acceptors (Lipinski definition) is 3. The maximum absolute atomic E-state index is 11.3. The molecule has 0 amide bonds. The standard InChI is InChI=1S/C10H7ClO3/c11-8-7(9(12)14-10(8)13)6-4-2-1-3-5-6/h1-5,7-8H. The van der Waals surface area contributed by atoms with Gasteiger partial charge in [0.15, 0.2) is 0 Å². The van der Waals surface area contributed by atoms with Gasteiger partial charge in [0.2, 0.25) is 0 Å². The van der Waals surface area contributed by atoms with Gasteiger partial charge in [-0.15, -0.1) is 11.6 Å². The summed E-state index contributed by atoms with van der Waals surface area (Å²) in [7, 11) is 0. The molecule has 1 aliphatic heterocycles. The molecule has 2 atom stereocenters. The van der Waals surface area contributed by atoms with Crippen molar-refractivity contribution in [3.63, 3.8) is 0 Å². The van der Waals surface area contributed by atoms with Gasteiger partial charge < -0.3 is 4.74 Å². The Balaban J connectivity index is 2.36. The molecular weight excluding hydrogens is 204 g/mol. The fourth-order valence-electron chi connectivity index (χ4n) is 1.44. The van der Waals surface area contributed by atoms with Crippen LogP contribution in [0.25, 0.3) is 0 Å². The zero-order chi connectivity index (χ0) is 10.1. The van der Waals surface area contributed by atoms with Crippen molar-refractivity contribution < 1.29 is 14.3 Å². The summed E-state index contributed by atoms with van der Waals surface area (Å²) in [5.74, 6) is -1.89. The molecule has 1 saturated heterocycles. The van der Waals surface area contributed by atoms with Crippen LogP contribution in [0.2, 0.25) is 0 Å². The van der Waals surface area contributed by atoms with E-state index in [0.717, 1.165) is 0 Å². The quantitative estimate of drug-likeness (QED) is 0.401. The second-order valence-electron chi connectivity index (χ2n) is 3.03. The normalized spacial score (nSPS) is 26.4. The molecule has 0 N–H and O–H groups in total. The highest BCUT2D eigenvalue weighted by atomic mass is 35.5. The third-order valence-electron chi connectivity index (χ3n) is 2.13. The zero-order valence-electron chi connectivity index (χ0n) is 7.14. The van der Waals surface area contributed by atoms with Crippen LogP contribution in [0.5, 0.6) is 0 Å². The van der Waals surface area contributed by atoms with E-state index < -0.39 is 23.2 Å². The average Bonchev–Trinajstić information content (AvgIpc) is 2.43. The number of halogens is 1. The minimum atomic E-state index is -0.898. The van der Waals surface area contributed by atoms with Crippen LogP contribution < -0.4 is 0 Å². The van der Waals surface area contributed by atoms with Gasteiger partial charge in [-0.05, 0) is 5.56 Å². The van der Waals surface area contributed by atoms with Gasteiger partial charge in [-0.2, -0.15) is 0 Å². The minimum Gasteiger partial charge on any atom is -0.392 e. The van der Waals surface area contributed by atoms with E-state index in [4.69, 9.17) is 11.6 Å². The number of ether oxygens (including phenoxy) is 1. The maximum Gasteiger partial charge on any atom is 0.332 e. The summed E-state index contributed by atoms with van der Waals surface area (Å²) in [6, 6.07) is 8.90. The van der Waals surface area contributed by atoms with Crippen LogP contribution in [0.3, 0.4) is 0 Å². The Morgan fingerprint density at radius 1 is 1.07 bits per heavy atom. The van der Waals surface area contributed by atoms with Crippen molar-refractivity contribution in [1.29, 1.82) is 0 Å². The van der Waals surface area contributed by atoms with Crippen molar-refractivity contribution in [1.82, 2.24) is 0 Å². The van der Waals surface area contributed by atoms with Gasteiger partial charge in [0.05, 0.1) is 0 Å². The lowest BCUT2D eigenvalue weighted by molar-refractivity contribution is -0.152. The second kappa shape index (κ2) is 3.42. The third kappa shape index (κ3) is 1.40. The average molecular weight is 211 g/mol. The van der Waals surface area contributed by atoms with Gasteiger partial charge in [-0.1, -0.05) is 30.3 Å². The summed E-state index contributed by atoms with van der Waals surface area (Å²) >= 11 is 5.76. The highest BCUT2D eigenvalue weighted by Gasteiger charge is 2.43. The van der Waals surface area contributed by atoms with Crippen LogP contribution in [0.15, 0.2) is 30.3 Å². The highest BCUT2D eigenvalue weighted by Crippen LogP contribution is 2.31. The molecule has 0 aromatic heterocycles. The highest BCUT2D eigenvalue weighted by molar-refractivity contribution is 6.34. The van der Waals surface area contributed by atoms with Gasteiger partial charge in [-0.25, -0.2) is 4.79 Å². The lowest BCUT2D eigenvalue weighted by Gasteiger charge is -2.06. The lowest BCUT2D eigenvalue weighted by atomic mass is 9.97. The molecule has 1 heterocycles. The summed E-state index contributed by atoms with van der Waals surface area (Å²) in [6.45, 7) is 0. The number of hydrogen-bond donors (Lipinski definition) is 0. The Hall–Kier alpha value is -1.35. The molecule has 0 spiro atoms. The molecule has 14 heavy (non-hydrogen) atoms. The van der Waals surface area contributed by atoms with Crippen LogP contribution >= 0.6 is 11.6 Å². The number of cyclic esters (lactones) is 2. The van der Waals surface area contributed by atoms with E-state index in [1.165, 1.54) is 0 Å². The maximum atomic E-state index is 11.3. The van der Waals surface area contributed by atoms with Crippen molar-refractivity contribution in [2.75, 3.05) is 0 Å². The Morgan fingerprint density at radius 3 is 2.21 bits per heavy atom. The number of benzene rings is 1. The van der Waals surface area contributed by atoms with Crippen molar-refractivity contribution >= 4 is 23.5 Å². The number of alkyl halides is 1. The number of carbonyl (C=O) groups is 2. The SMILES string of the molecule is O=C1OC(=O)C(c2ccccc2)C1Cl. The molecule has 0 radical (unpaired) electrons. The van der Waals surface area contributed by atoms with Crippen LogP contribution in [0.1, 0.15) is 11.5 Å². The predicted molar refractivity (Wildman–Crippen MR) is 49.9 cm³/mol. The van der Waals surface area contributed by atoms with Crippen molar-refractivity contribution in [2.24, 2.45) is 0 Å². The molecular formula is C10H7ClO3. The van der Waals surface area contributed by atoms with Crippen LogP contribution in [-0.2, 0) is 14.3 Å². The molecule has 2 rings (SSSR count). The van der Waals surface area contributed by atoms with Gasteiger partial charge in [0, 0.05) is 0 Å². The second-order valence-corrected chi connectivity index (χ2v) is 3.50. The van der Waals surface area contributed by atoms with Gasteiger partial charge in [0.25, 0.3) is 0 Å². The Labute approximate surface area is 85.6 Å². The first-order valence-electron chi connectivity index (χ1n) is 4.14. The van der Waals surface area contributed by atoms with Crippen LogP contribution in [0, 0.1) is 0 Å². The van der Waals surface area contributed by atoms with E-state index >= 15 is 0 Å². The fourth-order valence-corrected chi connectivity index (χ4v) is 1.73. The van der Waals surface area contributed by atoms with Gasteiger partial charge in [-0.3, -0.25) is 4.79 Å². The molecule has 0 bridgehead atoms. The zero-order valence-corrected chi connectivity index (χ0v) is 7.90. The molecule has 0 aliphatic carbocycles. The first-order chi connectivity index (χ1) is 6.70. The van der Waals surface area contributed by atoms with Gasteiger partial charge in [0.1, 0.15) is 11.3 Å². The van der Waals surface area contributed by atoms with E-state index in [-0.39, 0.29) is 0 Å². The predicted octanol–water partition coefficient (Wildman–Crippen LogP) is 1.46. The van der Waals surface area contributed by atoms with E-state index in [0.29, 0.717) is 5.56 Å². The summed E-state index contributed by atoms with van der Waals surface area (Å²) in [6.07, 6.45) is 0. The smallest absolute Gasteiger partial charge is 0.332 e. The molecule has 0 saturated carbocycles. The first-order valence-corrected chi connectivity index (χ1v) is 4.58. The van der Waals surface area contributed by atoms with E-state index in [9.17, 15) is 9.59 Å². The fraction of sp³-hybridized carbons (Fsp3) is 0.200. The summed E-state index contributed by atoms with van der Waals surface area (Å²) in [5, 5.41) is -0.898. The van der Waals surface area contributed by atoms with Crippen molar-refractivity contribution in [2.45, 2.75) is 11.3 Å². The van der Waals surface area contributed by atoms with E-state index in [2.05, 4.69) is 4.74 Å². The van der Waals surface area contributed by atoms with E-state index in [1.54, 1.807) is 24.3 Å². The molecule has 1 aromatic rings. The van der Waals surface area contributed by atoms with Crippen molar-refractivity contribution in [3.05, 3.63) is 35.9 Å². The Morgan fingerprint density at radius 2 is 1.71 bits per heavy atom. The Bertz CT molecular complexity index is 374. The Kier molecular flexibility index (Phi) is 2.25. The molecule has 1 aromatic carbocycles. The largest absolute Gasteiger partial charge is 0.392 e. The first kappa shape index (κ1) is 9.21. The molecule has 4 heteroatoms. The number of carbonyl (C=O) groups excluding carboxylic acids is 2. The monoisotopic (exact) mass is 210 g/mol. The molecule has 2 unspecified atom stereocenters. The van der Waals surface area contributed by atoms with Crippen LogP contribution in [-0.4, -0.2) is 17.3 Å². The van der Waals surface area contributed by atoms with E-state index in [1.807, 2.05) is 6.07 Å². The molecule has 1 fully saturated rings. The summed E-state index contributed by atoms with van der Waals surface area (Å²) in [4.78, 5) is 22.3. The number of rotatable bonds is 1. The topological polar surface area (TPSA) is 43.4 Å². The summed E-state index contributed by atoms with van der Waals surface area (Å²) in [5.41, 5.74) is 0.711. The lowest BCUT2D eigenvalue weighted by Crippen LogP contribution is -2.15. The molecule has 3 nitrogen and oxygen atoms in total. The minimum absolute atomic E-state index is 0.568. The van der Waals surface area contributed by atoms with Crippen molar-refractivity contribution in [3.8, 4) is 0 Å². The number of esters is 2. The van der Waals surface area contributed by atoms with Crippen LogP contribution in [0.4, 0.5) is 0 Å². The molecule has 72 valence electrons. The third-order valence-corrected chi connectivity index (χ3v) is 2.56.